The average Bonchev–Trinajstić information content (AvgIpc) is 2.53. The smallest absolute Gasteiger partial charge is 0.377 e. The van der Waals surface area contributed by atoms with Crippen LogP contribution in [0.1, 0.15) is 26.2 Å². The van der Waals surface area contributed by atoms with Gasteiger partial charge in [-0.1, -0.05) is 6.92 Å². The lowest BCUT2D eigenvalue weighted by molar-refractivity contribution is -0.159. The highest BCUT2D eigenvalue weighted by atomic mass is 19.3. The summed E-state index contributed by atoms with van der Waals surface area (Å²) in [6.07, 6.45) is 0.691. The van der Waals surface area contributed by atoms with Gasteiger partial charge in [0.25, 0.3) is 0 Å². The highest BCUT2D eigenvalue weighted by Crippen LogP contribution is 2.31. The third kappa shape index (κ3) is 3.17. The SMILES string of the molecule is CC1(CNCC2CC(F)(F)C(=O)O2)CCOCC1. The number of hydrogen-bond donors (Lipinski definition) is 1. The van der Waals surface area contributed by atoms with Crippen LogP contribution in [-0.4, -0.2) is 44.3 Å². The number of alkyl halides is 2. The van der Waals surface area contributed by atoms with E-state index < -0.39 is 24.4 Å². The molecule has 2 fully saturated rings. The molecule has 2 saturated heterocycles. The summed E-state index contributed by atoms with van der Waals surface area (Å²) in [6, 6.07) is 0. The van der Waals surface area contributed by atoms with E-state index in [1.807, 2.05) is 0 Å². The molecule has 0 aromatic carbocycles. The van der Waals surface area contributed by atoms with Gasteiger partial charge in [-0.25, -0.2) is 4.79 Å². The summed E-state index contributed by atoms with van der Waals surface area (Å²) < 4.78 is 35.8. The number of nitrogens with one attached hydrogen (secondary N) is 1. The fraction of sp³-hybridized carbons (Fsp3) is 0.917. The van der Waals surface area contributed by atoms with Gasteiger partial charge < -0.3 is 14.8 Å². The van der Waals surface area contributed by atoms with E-state index in [0.717, 1.165) is 32.6 Å². The van der Waals surface area contributed by atoms with Crippen LogP contribution in [-0.2, 0) is 14.3 Å². The van der Waals surface area contributed by atoms with Crippen molar-refractivity contribution in [2.24, 2.45) is 5.41 Å². The van der Waals surface area contributed by atoms with Crippen LogP contribution in [0.3, 0.4) is 0 Å². The zero-order chi connectivity index (χ0) is 13.2. The van der Waals surface area contributed by atoms with Gasteiger partial charge in [0, 0.05) is 26.3 Å². The Hall–Kier alpha value is -0.750. The zero-order valence-corrected chi connectivity index (χ0v) is 10.5. The van der Waals surface area contributed by atoms with Crippen molar-refractivity contribution in [1.82, 2.24) is 5.32 Å². The topological polar surface area (TPSA) is 47.6 Å². The van der Waals surface area contributed by atoms with E-state index in [0.29, 0.717) is 0 Å². The minimum atomic E-state index is -3.31. The van der Waals surface area contributed by atoms with Gasteiger partial charge in [-0.15, -0.1) is 0 Å². The molecular formula is C12H19F2NO3. The van der Waals surface area contributed by atoms with Gasteiger partial charge in [0.2, 0.25) is 0 Å². The fourth-order valence-corrected chi connectivity index (χ4v) is 2.34. The summed E-state index contributed by atoms with van der Waals surface area (Å²) in [5.74, 6) is -4.71. The van der Waals surface area contributed by atoms with Crippen LogP contribution >= 0.6 is 0 Å². The van der Waals surface area contributed by atoms with Crippen molar-refractivity contribution in [3.05, 3.63) is 0 Å². The van der Waals surface area contributed by atoms with Crippen LogP contribution < -0.4 is 5.32 Å². The van der Waals surface area contributed by atoms with E-state index in [4.69, 9.17) is 4.74 Å². The highest BCUT2D eigenvalue weighted by Gasteiger charge is 2.50. The number of hydrogen-bond acceptors (Lipinski definition) is 4. The number of carbonyl (C=O) groups excluding carboxylic acids is 1. The third-order valence-electron chi connectivity index (χ3n) is 3.68. The second-order valence-electron chi connectivity index (χ2n) is 5.49. The Morgan fingerprint density at radius 1 is 1.39 bits per heavy atom. The number of halogens is 2. The first kappa shape index (κ1) is 13.7. The molecule has 1 unspecified atom stereocenters. The summed E-state index contributed by atoms with van der Waals surface area (Å²) in [5, 5.41) is 3.13. The first-order valence-corrected chi connectivity index (χ1v) is 6.29. The monoisotopic (exact) mass is 263 g/mol. The summed E-state index contributed by atoms with van der Waals surface area (Å²) in [6.45, 7) is 4.66. The van der Waals surface area contributed by atoms with Gasteiger partial charge in [0.05, 0.1) is 6.42 Å². The zero-order valence-electron chi connectivity index (χ0n) is 10.5. The number of esters is 1. The first-order valence-electron chi connectivity index (χ1n) is 6.29. The molecule has 2 aliphatic rings. The van der Waals surface area contributed by atoms with Crippen LogP contribution in [0.2, 0.25) is 0 Å². The van der Waals surface area contributed by atoms with E-state index in [2.05, 4.69) is 17.0 Å². The number of cyclic esters (lactones) is 1. The van der Waals surface area contributed by atoms with Crippen molar-refractivity contribution < 1.29 is 23.0 Å². The van der Waals surface area contributed by atoms with Crippen LogP contribution in [0.25, 0.3) is 0 Å². The normalized spacial score (nSPS) is 30.2. The molecule has 1 atom stereocenters. The van der Waals surface area contributed by atoms with Gasteiger partial charge in [-0.3, -0.25) is 0 Å². The molecule has 1 N–H and O–H groups in total. The summed E-state index contributed by atoms with van der Waals surface area (Å²) in [5.41, 5.74) is 0.142. The molecule has 4 nitrogen and oxygen atoms in total. The minimum absolute atomic E-state index is 0.142. The van der Waals surface area contributed by atoms with Crippen molar-refractivity contribution in [1.29, 1.82) is 0 Å². The molecule has 0 aliphatic carbocycles. The van der Waals surface area contributed by atoms with Crippen molar-refractivity contribution in [3.8, 4) is 0 Å². The lowest BCUT2D eigenvalue weighted by Gasteiger charge is -2.33. The molecule has 2 aliphatic heterocycles. The third-order valence-corrected chi connectivity index (χ3v) is 3.68. The minimum Gasteiger partial charge on any atom is -0.456 e. The van der Waals surface area contributed by atoms with Crippen molar-refractivity contribution in [3.63, 3.8) is 0 Å². The largest absolute Gasteiger partial charge is 0.456 e. The Morgan fingerprint density at radius 3 is 2.61 bits per heavy atom. The quantitative estimate of drug-likeness (QED) is 0.778. The van der Waals surface area contributed by atoms with Crippen LogP contribution in [0.5, 0.6) is 0 Å². The number of ether oxygens (including phenoxy) is 2. The molecule has 0 saturated carbocycles. The molecular weight excluding hydrogens is 244 g/mol. The van der Waals surface area contributed by atoms with Crippen molar-refractivity contribution >= 4 is 5.97 Å². The average molecular weight is 263 g/mol. The molecule has 18 heavy (non-hydrogen) atoms. The Bertz CT molecular complexity index is 316. The second kappa shape index (κ2) is 5.09. The molecule has 0 radical (unpaired) electrons. The first-order chi connectivity index (χ1) is 8.41. The molecule has 0 bridgehead atoms. The Labute approximate surface area is 105 Å². The predicted octanol–water partition coefficient (Wildman–Crippen LogP) is 1.34. The highest BCUT2D eigenvalue weighted by molar-refractivity contribution is 5.79. The van der Waals surface area contributed by atoms with E-state index in [1.165, 1.54) is 0 Å². The summed E-state index contributed by atoms with van der Waals surface area (Å²) in [4.78, 5) is 10.8. The maximum Gasteiger partial charge on any atom is 0.377 e. The molecule has 6 heteroatoms. The summed E-state index contributed by atoms with van der Waals surface area (Å²) >= 11 is 0. The molecule has 0 aromatic rings. The van der Waals surface area contributed by atoms with Crippen molar-refractivity contribution in [2.45, 2.75) is 38.2 Å². The van der Waals surface area contributed by atoms with Gasteiger partial charge in [0.15, 0.2) is 0 Å². The van der Waals surface area contributed by atoms with Gasteiger partial charge in [-0.05, 0) is 18.3 Å². The standard InChI is InChI=1S/C12H19F2NO3/c1-11(2-4-17-5-3-11)8-15-7-9-6-12(13,14)10(16)18-9/h9,15H,2-8H2,1H3. The second-order valence-corrected chi connectivity index (χ2v) is 5.49. The number of carbonyl (C=O) groups is 1. The van der Waals surface area contributed by atoms with Crippen LogP contribution in [0, 0.1) is 5.41 Å². The fourth-order valence-electron chi connectivity index (χ4n) is 2.34. The summed E-state index contributed by atoms with van der Waals surface area (Å²) in [7, 11) is 0. The van der Waals surface area contributed by atoms with Crippen LogP contribution in [0.15, 0.2) is 0 Å². The van der Waals surface area contributed by atoms with E-state index in [9.17, 15) is 13.6 Å². The molecule has 2 heterocycles. The van der Waals surface area contributed by atoms with Crippen LogP contribution in [0.4, 0.5) is 8.78 Å². The van der Waals surface area contributed by atoms with E-state index in [-0.39, 0.29) is 12.0 Å². The lowest BCUT2D eigenvalue weighted by atomic mass is 9.82. The Balaban J connectivity index is 1.71. The molecule has 2 rings (SSSR count). The van der Waals surface area contributed by atoms with Gasteiger partial charge in [0.1, 0.15) is 6.10 Å². The van der Waals surface area contributed by atoms with E-state index in [1.54, 1.807) is 0 Å². The molecule has 0 spiro atoms. The van der Waals surface area contributed by atoms with Gasteiger partial charge >= 0.3 is 11.9 Å². The van der Waals surface area contributed by atoms with Crippen molar-refractivity contribution in [2.75, 3.05) is 26.3 Å². The molecule has 104 valence electrons. The lowest BCUT2D eigenvalue weighted by Crippen LogP contribution is -2.39. The molecule has 0 amide bonds. The molecule has 0 aromatic heterocycles. The predicted molar refractivity (Wildman–Crippen MR) is 60.5 cm³/mol. The maximum atomic E-state index is 12.9. The van der Waals surface area contributed by atoms with Gasteiger partial charge in [-0.2, -0.15) is 8.78 Å². The Kier molecular flexibility index (Phi) is 3.87. The maximum absolute atomic E-state index is 12.9. The Morgan fingerprint density at radius 2 is 2.06 bits per heavy atom. The number of rotatable bonds is 4. The van der Waals surface area contributed by atoms with E-state index >= 15 is 0 Å².